The number of fused-ring (bicyclic) bond motifs is 1. The molecule has 2 aromatic heterocycles. The third-order valence-electron chi connectivity index (χ3n) is 6.96. The molecule has 3 heterocycles. The lowest BCUT2D eigenvalue weighted by atomic mass is 10.2. The summed E-state index contributed by atoms with van der Waals surface area (Å²) in [4.78, 5) is 46.3. The normalized spacial score (nSPS) is 15.4. The van der Waals surface area contributed by atoms with E-state index in [0.717, 1.165) is 19.4 Å². The Balaban J connectivity index is 1.18. The SMILES string of the molecule is COc1cc2c(Nc3ncc(CC(=O)Nc4ccccc4F)s3)ncnc2cc1OCCCN1CCCC1COP(=O)(O)O. The molecule has 0 bridgehead atoms. The molecule has 0 spiro atoms. The summed E-state index contributed by atoms with van der Waals surface area (Å²) in [5, 5.41) is 6.94. The fourth-order valence-electron chi connectivity index (χ4n) is 4.91. The zero-order chi connectivity index (χ0) is 31.1. The van der Waals surface area contributed by atoms with E-state index >= 15 is 0 Å². The second-order valence-corrected chi connectivity index (χ2v) is 12.4. The van der Waals surface area contributed by atoms with E-state index in [1.54, 1.807) is 37.6 Å². The highest BCUT2D eigenvalue weighted by atomic mass is 32.1. The first kappa shape index (κ1) is 31.7. The molecule has 13 nitrogen and oxygen atoms in total. The van der Waals surface area contributed by atoms with Crippen LogP contribution in [0.25, 0.3) is 10.9 Å². The Morgan fingerprint density at radius 1 is 1.20 bits per heavy atom. The van der Waals surface area contributed by atoms with E-state index in [-0.39, 0.29) is 30.7 Å². The number of rotatable bonds is 14. The van der Waals surface area contributed by atoms with Crippen molar-refractivity contribution in [3.63, 3.8) is 0 Å². The van der Waals surface area contributed by atoms with Gasteiger partial charge in [-0.25, -0.2) is 23.9 Å². The number of ether oxygens (including phenoxy) is 2. The molecule has 0 saturated carbocycles. The van der Waals surface area contributed by atoms with Crippen molar-refractivity contribution in [3.05, 3.63) is 59.6 Å². The standard InChI is InChI=1S/C28H32FN6O7PS/c1-40-24-13-20-23(14-25(24)41-11-5-10-35-9-4-6-18(35)16-42-43(37,38)39)31-17-32-27(20)34-28-30-15-19(44-28)12-26(36)33-22-8-3-2-7-21(22)29/h2-3,7-8,13-15,17-18H,4-6,9-12,16H2,1H3,(H,33,36)(H2,37,38,39)(H,30,31,32,34). The molecule has 1 aliphatic heterocycles. The number of benzene rings is 2. The number of aromatic nitrogens is 3. The van der Waals surface area contributed by atoms with Crippen molar-refractivity contribution >= 4 is 52.6 Å². The van der Waals surface area contributed by atoms with Crippen molar-refractivity contribution in [3.8, 4) is 11.5 Å². The van der Waals surface area contributed by atoms with Crippen molar-refractivity contribution in [2.75, 3.05) is 44.0 Å². The topological polar surface area (TPSA) is 168 Å². The number of para-hydroxylation sites is 1. The first-order valence-corrected chi connectivity index (χ1v) is 16.2. The van der Waals surface area contributed by atoms with Gasteiger partial charge in [-0.2, -0.15) is 0 Å². The van der Waals surface area contributed by atoms with Crippen LogP contribution in [0.3, 0.4) is 0 Å². The van der Waals surface area contributed by atoms with E-state index in [2.05, 4.69) is 30.5 Å². The van der Waals surface area contributed by atoms with Crippen molar-refractivity contribution < 1.29 is 37.5 Å². The summed E-state index contributed by atoms with van der Waals surface area (Å²) >= 11 is 1.28. The molecule has 234 valence electrons. The zero-order valence-electron chi connectivity index (χ0n) is 23.8. The van der Waals surface area contributed by atoms with E-state index < -0.39 is 13.6 Å². The first-order valence-electron chi connectivity index (χ1n) is 13.8. The number of nitrogens with zero attached hydrogens (tertiary/aromatic N) is 4. The second kappa shape index (κ2) is 14.4. The van der Waals surface area contributed by atoms with E-state index in [1.807, 2.05) is 0 Å². The van der Waals surface area contributed by atoms with E-state index in [9.17, 15) is 13.8 Å². The number of carbonyl (C=O) groups is 1. The average molecular weight is 647 g/mol. The average Bonchev–Trinajstić information content (AvgIpc) is 3.63. The van der Waals surface area contributed by atoms with Crippen LogP contribution < -0.4 is 20.1 Å². The lowest BCUT2D eigenvalue weighted by Gasteiger charge is -2.24. The highest BCUT2D eigenvalue weighted by Gasteiger charge is 2.27. The summed E-state index contributed by atoms with van der Waals surface area (Å²) in [7, 11) is -2.95. The van der Waals surface area contributed by atoms with Gasteiger partial charge in [0.15, 0.2) is 16.6 Å². The van der Waals surface area contributed by atoms with Gasteiger partial charge in [0.05, 0.1) is 37.9 Å². The Bertz CT molecular complexity index is 1650. The van der Waals surface area contributed by atoms with Crippen molar-refractivity contribution in [1.82, 2.24) is 19.9 Å². The molecule has 0 aliphatic carbocycles. The molecule has 1 fully saturated rings. The summed E-state index contributed by atoms with van der Waals surface area (Å²) in [5.74, 6) is 0.647. The van der Waals surface area contributed by atoms with Gasteiger partial charge < -0.3 is 29.9 Å². The molecule has 4 aromatic rings. The summed E-state index contributed by atoms with van der Waals surface area (Å²) in [5.41, 5.74) is 0.741. The maximum atomic E-state index is 13.9. The van der Waals surface area contributed by atoms with Gasteiger partial charge in [0, 0.05) is 35.1 Å². The predicted octanol–water partition coefficient (Wildman–Crippen LogP) is 4.50. The number of anilines is 3. The van der Waals surface area contributed by atoms with Crippen LogP contribution in [-0.2, 0) is 20.3 Å². The van der Waals surface area contributed by atoms with Crippen LogP contribution in [-0.4, -0.2) is 75.0 Å². The van der Waals surface area contributed by atoms with Crippen LogP contribution in [0.4, 0.5) is 21.0 Å². The molecule has 1 amide bonds. The number of methoxy groups -OCH3 is 1. The number of phosphoric ester groups is 1. The number of amides is 1. The van der Waals surface area contributed by atoms with Gasteiger partial charge >= 0.3 is 7.82 Å². The Labute approximate surface area is 256 Å². The van der Waals surface area contributed by atoms with Crippen LogP contribution >= 0.6 is 19.2 Å². The molecule has 1 unspecified atom stereocenters. The van der Waals surface area contributed by atoms with Crippen LogP contribution in [0.1, 0.15) is 24.1 Å². The highest BCUT2D eigenvalue weighted by Crippen LogP contribution is 2.37. The van der Waals surface area contributed by atoms with Gasteiger partial charge in [-0.05, 0) is 44.0 Å². The van der Waals surface area contributed by atoms with Gasteiger partial charge in [0.25, 0.3) is 0 Å². The highest BCUT2D eigenvalue weighted by molar-refractivity contribution is 7.46. The number of thiazole rings is 1. The molecule has 1 atom stereocenters. The molecule has 44 heavy (non-hydrogen) atoms. The number of hydrogen-bond acceptors (Lipinski definition) is 11. The number of nitrogens with one attached hydrogen (secondary N) is 2. The fraction of sp³-hybridized carbons (Fsp3) is 0.357. The molecule has 16 heteroatoms. The minimum Gasteiger partial charge on any atom is -0.493 e. The Kier molecular flexibility index (Phi) is 10.4. The monoisotopic (exact) mass is 646 g/mol. The van der Waals surface area contributed by atoms with E-state index in [1.165, 1.54) is 29.8 Å². The lowest BCUT2D eigenvalue weighted by molar-refractivity contribution is -0.115. The fourth-order valence-corrected chi connectivity index (χ4v) is 6.09. The Morgan fingerprint density at radius 3 is 2.84 bits per heavy atom. The van der Waals surface area contributed by atoms with Gasteiger partial charge in [0.1, 0.15) is 18.0 Å². The van der Waals surface area contributed by atoms with Gasteiger partial charge in [-0.1, -0.05) is 12.1 Å². The van der Waals surface area contributed by atoms with Crippen molar-refractivity contribution in [1.29, 1.82) is 0 Å². The number of halogens is 1. The number of carbonyl (C=O) groups excluding carboxylic acids is 1. The summed E-state index contributed by atoms with van der Waals surface area (Å²) in [6.45, 7) is 1.92. The minimum absolute atomic E-state index is 0.00712. The quantitative estimate of drug-likeness (QED) is 0.112. The Hall–Kier alpha value is -3.72. The van der Waals surface area contributed by atoms with Crippen LogP contribution in [0.5, 0.6) is 11.5 Å². The zero-order valence-corrected chi connectivity index (χ0v) is 25.5. The molecule has 1 saturated heterocycles. The van der Waals surface area contributed by atoms with Gasteiger partial charge in [-0.3, -0.25) is 14.2 Å². The number of hydrogen-bond donors (Lipinski definition) is 4. The van der Waals surface area contributed by atoms with Crippen LogP contribution in [0.15, 0.2) is 48.9 Å². The molecule has 4 N–H and O–H groups in total. The summed E-state index contributed by atoms with van der Waals surface area (Å²) in [6, 6.07) is 9.49. The molecule has 1 aliphatic rings. The maximum Gasteiger partial charge on any atom is 0.469 e. The number of likely N-dealkylation sites (tertiary alicyclic amines) is 1. The van der Waals surface area contributed by atoms with Crippen molar-refractivity contribution in [2.24, 2.45) is 0 Å². The van der Waals surface area contributed by atoms with E-state index in [4.69, 9.17) is 23.8 Å². The summed E-state index contributed by atoms with van der Waals surface area (Å²) in [6.07, 6.45) is 5.49. The van der Waals surface area contributed by atoms with Crippen LogP contribution in [0.2, 0.25) is 0 Å². The third-order valence-corrected chi connectivity index (χ3v) is 8.36. The largest absolute Gasteiger partial charge is 0.493 e. The predicted molar refractivity (Wildman–Crippen MR) is 163 cm³/mol. The van der Waals surface area contributed by atoms with Gasteiger partial charge in [-0.15, -0.1) is 11.3 Å². The second-order valence-electron chi connectivity index (χ2n) is 10.0. The third kappa shape index (κ3) is 8.46. The maximum absolute atomic E-state index is 13.9. The lowest BCUT2D eigenvalue weighted by Crippen LogP contribution is -2.34. The molecular formula is C28H32FN6O7PS. The number of phosphoric acid groups is 1. The molecule has 5 rings (SSSR count). The molecule has 0 radical (unpaired) electrons. The van der Waals surface area contributed by atoms with Gasteiger partial charge in [0.2, 0.25) is 5.91 Å². The molecule has 2 aromatic carbocycles. The van der Waals surface area contributed by atoms with Crippen LogP contribution in [0, 0.1) is 5.82 Å². The summed E-state index contributed by atoms with van der Waals surface area (Å²) < 4.78 is 41.2. The smallest absolute Gasteiger partial charge is 0.469 e. The van der Waals surface area contributed by atoms with Crippen molar-refractivity contribution in [2.45, 2.75) is 31.7 Å². The molecular weight excluding hydrogens is 614 g/mol. The minimum atomic E-state index is -4.49. The van der Waals surface area contributed by atoms with E-state index in [0.29, 0.717) is 57.8 Å². The first-order chi connectivity index (χ1) is 21.2. The Morgan fingerprint density at radius 2 is 2.05 bits per heavy atom.